The van der Waals surface area contributed by atoms with Gasteiger partial charge in [0.05, 0.1) is 11.5 Å². The van der Waals surface area contributed by atoms with Gasteiger partial charge in [0.2, 0.25) is 10.0 Å². The predicted octanol–water partition coefficient (Wildman–Crippen LogP) is -0.676. The third-order valence-electron chi connectivity index (χ3n) is 3.19. The lowest BCUT2D eigenvalue weighted by atomic mass is 10.4. The Labute approximate surface area is 107 Å². The maximum absolute atomic E-state index is 12.3. The van der Waals surface area contributed by atoms with Gasteiger partial charge in [0, 0.05) is 52.2 Å². The van der Waals surface area contributed by atoms with Crippen molar-refractivity contribution in [3.63, 3.8) is 0 Å². The number of aromatic nitrogens is 1. The highest BCUT2D eigenvalue weighted by molar-refractivity contribution is 7.89. The molecule has 0 bridgehead atoms. The van der Waals surface area contributed by atoms with Crippen LogP contribution in [-0.2, 0) is 17.1 Å². The molecule has 0 atom stereocenters. The summed E-state index contributed by atoms with van der Waals surface area (Å²) in [4.78, 5) is 2.41. The zero-order chi connectivity index (χ0) is 13.2. The molecule has 1 aliphatic rings. The first-order chi connectivity index (χ1) is 8.54. The van der Waals surface area contributed by atoms with Gasteiger partial charge in [-0.1, -0.05) is 0 Å². The van der Waals surface area contributed by atoms with Crippen molar-refractivity contribution < 1.29 is 13.5 Å². The maximum atomic E-state index is 12.3. The average Bonchev–Trinajstić information content (AvgIpc) is 2.78. The van der Waals surface area contributed by atoms with E-state index in [0.29, 0.717) is 37.6 Å². The van der Waals surface area contributed by atoms with Crippen LogP contribution in [0.5, 0.6) is 0 Å². The molecular weight excluding hydrogens is 254 g/mol. The van der Waals surface area contributed by atoms with Crippen LogP contribution in [0.25, 0.3) is 0 Å². The number of β-amino-alcohol motifs (C(OH)–C–C–N with tert-alkyl or cyclic N) is 1. The molecule has 102 valence electrons. The van der Waals surface area contributed by atoms with E-state index in [1.807, 2.05) is 0 Å². The van der Waals surface area contributed by atoms with E-state index in [2.05, 4.69) is 4.90 Å². The van der Waals surface area contributed by atoms with Gasteiger partial charge >= 0.3 is 0 Å². The van der Waals surface area contributed by atoms with Crippen LogP contribution in [-0.4, -0.2) is 66.6 Å². The standard InChI is InChI=1S/C11H19N3O3S/c1-12-3-2-11(10-12)18(16,17)14-6-4-13(5-7-14)8-9-15/h2-3,10,15H,4-9H2,1H3. The predicted molar refractivity (Wildman–Crippen MR) is 67.7 cm³/mol. The number of sulfonamides is 1. The number of rotatable bonds is 4. The Bertz CT molecular complexity index is 489. The van der Waals surface area contributed by atoms with Crippen LogP contribution in [0.2, 0.25) is 0 Å². The molecule has 1 saturated heterocycles. The average molecular weight is 273 g/mol. The molecule has 0 unspecified atom stereocenters. The lowest BCUT2D eigenvalue weighted by molar-refractivity contribution is 0.151. The summed E-state index contributed by atoms with van der Waals surface area (Å²) in [7, 11) is -1.55. The van der Waals surface area contributed by atoms with E-state index < -0.39 is 10.0 Å². The van der Waals surface area contributed by atoms with Crippen LogP contribution < -0.4 is 0 Å². The van der Waals surface area contributed by atoms with Gasteiger partial charge in [-0.05, 0) is 6.07 Å². The lowest BCUT2D eigenvalue weighted by Crippen LogP contribution is -2.49. The number of aliphatic hydroxyl groups is 1. The second-order valence-electron chi connectivity index (χ2n) is 4.48. The number of hydrogen-bond donors (Lipinski definition) is 1. The second kappa shape index (κ2) is 5.40. The van der Waals surface area contributed by atoms with Gasteiger partial charge in [0.15, 0.2) is 0 Å². The highest BCUT2D eigenvalue weighted by Crippen LogP contribution is 2.17. The Kier molecular flexibility index (Phi) is 4.06. The summed E-state index contributed by atoms with van der Waals surface area (Å²) in [5, 5.41) is 8.85. The minimum Gasteiger partial charge on any atom is -0.395 e. The Balaban J connectivity index is 2.05. The van der Waals surface area contributed by atoms with Gasteiger partial charge in [-0.25, -0.2) is 8.42 Å². The molecule has 1 fully saturated rings. The van der Waals surface area contributed by atoms with Gasteiger partial charge in [0.1, 0.15) is 0 Å². The van der Waals surface area contributed by atoms with E-state index in [4.69, 9.17) is 5.11 Å². The molecule has 2 rings (SSSR count). The molecule has 0 amide bonds. The van der Waals surface area contributed by atoms with Gasteiger partial charge in [0.25, 0.3) is 0 Å². The van der Waals surface area contributed by atoms with E-state index >= 15 is 0 Å². The molecule has 6 nitrogen and oxygen atoms in total. The SMILES string of the molecule is Cn1ccc(S(=O)(=O)N2CCN(CCO)CC2)c1. The molecule has 1 aromatic heterocycles. The molecular formula is C11H19N3O3S. The largest absolute Gasteiger partial charge is 0.395 e. The molecule has 18 heavy (non-hydrogen) atoms. The zero-order valence-corrected chi connectivity index (χ0v) is 11.3. The van der Waals surface area contributed by atoms with Crippen molar-refractivity contribution in [2.24, 2.45) is 7.05 Å². The first-order valence-corrected chi connectivity index (χ1v) is 7.43. The van der Waals surface area contributed by atoms with Crippen molar-refractivity contribution in [2.75, 3.05) is 39.3 Å². The summed E-state index contributed by atoms with van der Waals surface area (Å²) in [5.41, 5.74) is 0. The molecule has 7 heteroatoms. The number of aryl methyl sites for hydroxylation is 1. The Morgan fingerprint density at radius 2 is 1.94 bits per heavy atom. The second-order valence-corrected chi connectivity index (χ2v) is 6.42. The molecule has 0 aromatic carbocycles. The summed E-state index contributed by atoms with van der Waals surface area (Å²) < 4.78 is 27.9. The fourth-order valence-corrected chi connectivity index (χ4v) is 3.59. The fraction of sp³-hybridized carbons (Fsp3) is 0.636. The van der Waals surface area contributed by atoms with Crippen LogP contribution in [0.15, 0.2) is 23.4 Å². The highest BCUT2D eigenvalue weighted by Gasteiger charge is 2.28. The van der Waals surface area contributed by atoms with Crippen LogP contribution in [0.3, 0.4) is 0 Å². The molecule has 1 aliphatic heterocycles. The monoisotopic (exact) mass is 273 g/mol. The quantitative estimate of drug-likeness (QED) is 0.790. The van der Waals surface area contributed by atoms with Crippen molar-refractivity contribution in [3.8, 4) is 0 Å². The zero-order valence-electron chi connectivity index (χ0n) is 10.5. The number of piperazine rings is 1. The Hall–Kier alpha value is -0.890. The Morgan fingerprint density at radius 1 is 1.28 bits per heavy atom. The topological polar surface area (TPSA) is 65.8 Å². The van der Waals surface area contributed by atoms with E-state index in [9.17, 15) is 8.42 Å². The van der Waals surface area contributed by atoms with Crippen molar-refractivity contribution in [2.45, 2.75) is 4.90 Å². The number of hydrogen-bond acceptors (Lipinski definition) is 4. The maximum Gasteiger partial charge on any atom is 0.244 e. The van der Waals surface area contributed by atoms with Gasteiger partial charge in [-0.15, -0.1) is 0 Å². The molecule has 0 radical (unpaired) electrons. The molecule has 0 aliphatic carbocycles. The number of nitrogens with zero attached hydrogens (tertiary/aromatic N) is 3. The molecule has 1 N–H and O–H groups in total. The first kappa shape index (κ1) is 13.5. The van der Waals surface area contributed by atoms with Crippen LogP contribution in [0, 0.1) is 0 Å². The van der Waals surface area contributed by atoms with Gasteiger partial charge < -0.3 is 9.67 Å². The minimum atomic E-state index is -3.36. The van der Waals surface area contributed by atoms with Crippen molar-refractivity contribution in [3.05, 3.63) is 18.5 Å². The van der Waals surface area contributed by atoms with Gasteiger partial charge in [-0.3, -0.25) is 4.90 Å². The molecule has 0 saturated carbocycles. The van der Waals surface area contributed by atoms with Crippen LogP contribution in [0.4, 0.5) is 0 Å². The summed E-state index contributed by atoms with van der Waals surface area (Å²) in [6.07, 6.45) is 3.35. The minimum absolute atomic E-state index is 0.117. The third-order valence-corrected chi connectivity index (χ3v) is 5.07. The van der Waals surface area contributed by atoms with E-state index in [1.165, 1.54) is 4.31 Å². The van der Waals surface area contributed by atoms with Crippen molar-refractivity contribution in [1.29, 1.82) is 0 Å². The summed E-state index contributed by atoms with van der Waals surface area (Å²) in [5.74, 6) is 0. The molecule has 1 aromatic rings. The smallest absolute Gasteiger partial charge is 0.244 e. The Morgan fingerprint density at radius 3 is 2.44 bits per heavy atom. The summed E-state index contributed by atoms with van der Waals surface area (Å²) in [6, 6.07) is 1.62. The third kappa shape index (κ3) is 2.74. The summed E-state index contributed by atoms with van der Waals surface area (Å²) >= 11 is 0. The van der Waals surface area contributed by atoms with Crippen LogP contribution >= 0.6 is 0 Å². The normalized spacial score (nSPS) is 19.2. The van der Waals surface area contributed by atoms with Crippen molar-refractivity contribution in [1.82, 2.24) is 13.8 Å². The van der Waals surface area contributed by atoms with E-state index in [1.54, 1.807) is 30.1 Å². The van der Waals surface area contributed by atoms with Gasteiger partial charge in [-0.2, -0.15) is 4.31 Å². The molecule has 0 spiro atoms. The number of aliphatic hydroxyl groups excluding tert-OH is 1. The van der Waals surface area contributed by atoms with E-state index in [0.717, 1.165) is 0 Å². The highest BCUT2D eigenvalue weighted by atomic mass is 32.2. The van der Waals surface area contributed by atoms with Crippen LogP contribution in [0.1, 0.15) is 0 Å². The molecule has 2 heterocycles. The summed E-state index contributed by atoms with van der Waals surface area (Å²) in [6.45, 7) is 3.04. The van der Waals surface area contributed by atoms with Crippen molar-refractivity contribution >= 4 is 10.0 Å². The van der Waals surface area contributed by atoms with E-state index in [-0.39, 0.29) is 6.61 Å². The fourth-order valence-electron chi connectivity index (χ4n) is 2.11. The lowest BCUT2D eigenvalue weighted by Gasteiger charge is -2.33. The first-order valence-electron chi connectivity index (χ1n) is 5.99.